The van der Waals surface area contributed by atoms with E-state index in [0.29, 0.717) is 37.9 Å². The zero-order chi connectivity index (χ0) is 15.5. The fraction of sp³-hybridized carbons (Fsp3) is 0.533. The number of carbonyl (C=O) groups is 2. The van der Waals surface area contributed by atoms with Crippen molar-refractivity contribution >= 4 is 11.9 Å². The first kappa shape index (κ1) is 15.3. The van der Waals surface area contributed by atoms with Gasteiger partial charge in [0.05, 0.1) is 11.0 Å². The minimum atomic E-state index is -0.776. The van der Waals surface area contributed by atoms with Crippen molar-refractivity contribution in [2.24, 2.45) is 5.41 Å². The lowest BCUT2D eigenvalue weighted by Crippen LogP contribution is -2.46. The third-order valence-electron chi connectivity index (χ3n) is 4.14. The van der Waals surface area contributed by atoms with Gasteiger partial charge in [0, 0.05) is 19.2 Å². The van der Waals surface area contributed by atoms with Crippen molar-refractivity contribution in [1.82, 2.24) is 4.90 Å². The summed E-state index contributed by atoms with van der Waals surface area (Å²) >= 11 is 0. The van der Waals surface area contributed by atoms with Crippen LogP contribution in [0.25, 0.3) is 0 Å². The summed E-state index contributed by atoms with van der Waals surface area (Å²) in [6, 6.07) is 2.63. The number of nitrogens with zero attached hydrogens (tertiary/aromatic N) is 1. The smallest absolute Gasteiger partial charge is 0.335 e. The van der Waals surface area contributed by atoms with E-state index in [2.05, 4.69) is 0 Å². The lowest BCUT2D eigenvalue weighted by Gasteiger charge is -2.38. The molecule has 1 amide bonds. The number of rotatable bonds is 4. The number of hydrogen-bond donors (Lipinski definition) is 1. The first-order valence-electron chi connectivity index (χ1n) is 7.10. The van der Waals surface area contributed by atoms with Gasteiger partial charge in [0.1, 0.15) is 6.26 Å². The Balaban J connectivity index is 2.06. The van der Waals surface area contributed by atoms with Gasteiger partial charge in [-0.1, -0.05) is 13.3 Å². The van der Waals surface area contributed by atoms with E-state index in [-0.39, 0.29) is 5.91 Å². The summed E-state index contributed by atoms with van der Waals surface area (Å²) in [5.74, 6) is -1.00. The van der Waals surface area contributed by atoms with Gasteiger partial charge >= 0.3 is 11.6 Å². The Kier molecular flexibility index (Phi) is 4.45. The normalized spacial score (nSPS) is 17.5. The number of amides is 1. The average molecular weight is 293 g/mol. The molecule has 1 aliphatic heterocycles. The van der Waals surface area contributed by atoms with Crippen LogP contribution in [0.15, 0.2) is 27.6 Å². The summed E-state index contributed by atoms with van der Waals surface area (Å²) < 4.78 is 4.69. The Morgan fingerprint density at radius 3 is 2.48 bits per heavy atom. The third-order valence-corrected chi connectivity index (χ3v) is 4.14. The van der Waals surface area contributed by atoms with Crippen LogP contribution in [0.2, 0.25) is 0 Å². The molecule has 0 radical (unpaired) electrons. The molecule has 1 aromatic heterocycles. The summed E-state index contributed by atoms with van der Waals surface area (Å²) in [5.41, 5.74) is -0.902. The lowest BCUT2D eigenvalue weighted by atomic mass is 9.75. The molecule has 0 aromatic carbocycles. The Bertz CT molecular complexity index is 563. The van der Waals surface area contributed by atoms with Gasteiger partial charge in [0.25, 0.3) is 5.91 Å². The summed E-state index contributed by atoms with van der Waals surface area (Å²) in [4.78, 5) is 36.3. The summed E-state index contributed by atoms with van der Waals surface area (Å²) in [6.07, 6.45) is 3.50. The quantitative estimate of drug-likeness (QED) is 0.913. The van der Waals surface area contributed by atoms with E-state index in [1.165, 1.54) is 12.1 Å². The number of piperidine rings is 1. The molecule has 0 saturated carbocycles. The molecule has 6 nitrogen and oxygen atoms in total. The van der Waals surface area contributed by atoms with Crippen molar-refractivity contribution in [3.8, 4) is 0 Å². The number of likely N-dealkylation sites (tertiary alicyclic amines) is 1. The molecule has 2 heterocycles. The molecule has 1 fully saturated rings. The SMILES string of the molecule is CCCC1(C(=O)O)CCN(C(=O)c2ccc(=O)oc2)CC1. The zero-order valence-electron chi connectivity index (χ0n) is 12.0. The molecule has 1 aliphatic rings. The highest BCUT2D eigenvalue weighted by Gasteiger charge is 2.41. The van der Waals surface area contributed by atoms with Crippen molar-refractivity contribution in [3.63, 3.8) is 0 Å². The average Bonchev–Trinajstić information content (AvgIpc) is 2.48. The predicted octanol–water partition coefficient (Wildman–Crippen LogP) is 1.75. The van der Waals surface area contributed by atoms with Crippen LogP contribution in [0.4, 0.5) is 0 Å². The van der Waals surface area contributed by atoms with Gasteiger partial charge in [-0.3, -0.25) is 9.59 Å². The molecule has 1 N–H and O–H groups in total. The fourth-order valence-electron chi connectivity index (χ4n) is 2.85. The summed E-state index contributed by atoms with van der Waals surface area (Å²) in [7, 11) is 0. The molecular formula is C15H19NO5. The van der Waals surface area contributed by atoms with Crippen molar-refractivity contribution < 1.29 is 19.1 Å². The monoisotopic (exact) mass is 293 g/mol. The van der Waals surface area contributed by atoms with Crippen LogP contribution in [0.3, 0.4) is 0 Å². The minimum absolute atomic E-state index is 0.228. The molecule has 0 atom stereocenters. The molecule has 0 aliphatic carbocycles. The van der Waals surface area contributed by atoms with Crippen LogP contribution >= 0.6 is 0 Å². The van der Waals surface area contributed by atoms with Crippen LogP contribution in [0, 0.1) is 5.41 Å². The Labute approximate surface area is 122 Å². The second kappa shape index (κ2) is 6.11. The predicted molar refractivity (Wildman–Crippen MR) is 75.1 cm³/mol. The zero-order valence-corrected chi connectivity index (χ0v) is 12.0. The van der Waals surface area contributed by atoms with Crippen molar-refractivity contribution in [2.45, 2.75) is 32.6 Å². The number of carbonyl (C=O) groups excluding carboxylic acids is 1. The van der Waals surface area contributed by atoms with Crippen molar-refractivity contribution in [1.29, 1.82) is 0 Å². The maximum absolute atomic E-state index is 12.3. The molecular weight excluding hydrogens is 274 g/mol. The van der Waals surface area contributed by atoms with Crippen LogP contribution < -0.4 is 5.63 Å². The van der Waals surface area contributed by atoms with E-state index in [0.717, 1.165) is 12.7 Å². The standard InChI is InChI=1S/C15H19NO5/c1-2-5-15(14(19)20)6-8-16(9-7-15)13(18)11-3-4-12(17)21-10-11/h3-4,10H,2,5-9H2,1H3,(H,19,20). The Hall–Kier alpha value is -2.11. The molecule has 21 heavy (non-hydrogen) atoms. The largest absolute Gasteiger partial charge is 0.481 e. The number of hydrogen-bond acceptors (Lipinski definition) is 4. The molecule has 2 rings (SSSR count). The van der Waals surface area contributed by atoms with E-state index in [1.54, 1.807) is 4.90 Å². The lowest BCUT2D eigenvalue weighted by molar-refractivity contribution is -0.152. The topological polar surface area (TPSA) is 87.8 Å². The summed E-state index contributed by atoms with van der Waals surface area (Å²) in [5, 5.41) is 9.44. The highest BCUT2D eigenvalue weighted by Crippen LogP contribution is 2.36. The van der Waals surface area contributed by atoms with Gasteiger partial charge in [0.15, 0.2) is 0 Å². The van der Waals surface area contributed by atoms with Crippen LogP contribution in [0.5, 0.6) is 0 Å². The highest BCUT2D eigenvalue weighted by molar-refractivity contribution is 5.94. The molecule has 0 bridgehead atoms. The molecule has 0 unspecified atom stereocenters. The van der Waals surface area contributed by atoms with Crippen LogP contribution in [-0.2, 0) is 4.79 Å². The molecule has 1 saturated heterocycles. The molecule has 1 aromatic rings. The first-order valence-corrected chi connectivity index (χ1v) is 7.10. The fourth-order valence-corrected chi connectivity index (χ4v) is 2.85. The second-order valence-electron chi connectivity index (χ2n) is 5.47. The van der Waals surface area contributed by atoms with Gasteiger partial charge in [-0.05, 0) is 25.3 Å². The van der Waals surface area contributed by atoms with Crippen molar-refractivity contribution in [3.05, 3.63) is 34.4 Å². The van der Waals surface area contributed by atoms with E-state index < -0.39 is 17.0 Å². The van der Waals surface area contributed by atoms with Gasteiger partial charge in [-0.25, -0.2) is 4.79 Å². The van der Waals surface area contributed by atoms with Gasteiger partial charge in [0.2, 0.25) is 0 Å². The Morgan fingerprint density at radius 2 is 2.00 bits per heavy atom. The molecule has 6 heteroatoms. The number of carboxylic acids is 1. The van der Waals surface area contributed by atoms with Gasteiger partial charge in [-0.2, -0.15) is 0 Å². The second-order valence-corrected chi connectivity index (χ2v) is 5.47. The van der Waals surface area contributed by atoms with Crippen LogP contribution in [-0.4, -0.2) is 35.0 Å². The third kappa shape index (κ3) is 3.15. The highest BCUT2D eigenvalue weighted by atomic mass is 16.4. The number of aliphatic carboxylic acids is 1. The summed E-state index contributed by atoms with van der Waals surface area (Å²) in [6.45, 7) is 2.78. The van der Waals surface area contributed by atoms with E-state index in [1.807, 2.05) is 6.92 Å². The maximum atomic E-state index is 12.3. The Morgan fingerprint density at radius 1 is 1.33 bits per heavy atom. The maximum Gasteiger partial charge on any atom is 0.335 e. The van der Waals surface area contributed by atoms with Crippen molar-refractivity contribution in [2.75, 3.05) is 13.1 Å². The van der Waals surface area contributed by atoms with E-state index >= 15 is 0 Å². The van der Waals surface area contributed by atoms with Gasteiger partial charge in [-0.15, -0.1) is 0 Å². The van der Waals surface area contributed by atoms with E-state index in [4.69, 9.17) is 4.42 Å². The van der Waals surface area contributed by atoms with E-state index in [9.17, 15) is 19.5 Å². The molecule has 0 spiro atoms. The van der Waals surface area contributed by atoms with Gasteiger partial charge < -0.3 is 14.4 Å². The first-order chi connectivity index (χ1) is 9.98. The molecule has 114 valence electrons. The van der Waals surface area contributed by atoms with Crippen LogP contribution in [0.1, 0.15) is 43.0 Å². The minimum Gasteiger partial charge on any atom is -0.481 e. The number of carboxylic acid groups (broad SMARTS) is 1.